The number of pyridine rings is 1. The molecule has 29 heavy (non-hydrogen) atoms. The van der Waals surface area contributed by atoms with Crippen molar-refractivity contribution < 1.29 is 13.2 Å². The number of hydrogen-bond acceptors (Lipinski definition) is 6. The molecule has 0 amide bonds. The van der Waals surface area contributed by atoms with Crippen LogP contribution in [0.3, 0.4) is 0 Å². The normalized spacial score (nSPS) is 17.4. The molecule has 1 saturated heterocycles. The van der Waals surface area contributed by atoms with Crippen LogP contribution in [-0.4, -0.2) is 62.0 Å². The Balaban J connectivity index is 1.55. The standard InChI is InChI=1S/C21H26N4O3S/c1-15(2)28-18-5-4-17-14-23-21(19(17)13-18)16-6-7-22-20(12-16)24-8-10-25(11-9-24)29(3,26)27/h4-7,12-13,15H,8-11,14H2,1-3H3. The average Bonchev–Trinajstić information content (AvgIpc) is 3.10. The number of anilines is 1. The van der Waals surface area contributed by atoms with Gasteiger partial charge in [0.15, 0.2) is 0 Å². The molecular weight excluding hydrogens is 388 g/mol. The van der Waals surface area contributed by atoms with Crippen LogP contribution in [0.5, 0.6) is 5.75 Å². The lowest BCUT2D eigenvalue weighted by atomic mass is 10.0. The number of piperazine rings is 1. The highest BCUT2D eigenvalue weighted by Crippen LogP contribution is 2.28. The van der Waals surface area contributed by atoms with Gasteiger partial charge in [0.05, 0.1) is 24.6 Å². The largest absolute Gasteiger partial charge is 0.491 e. The minimum Gasteiger partial charge on any atom is -0.491 e. The molecule has 0 bridgehead atoms. The SMILES string of the molecule is CC(C)Oc1ccc2c(c1)C(c1ccnc(N3CCN(S(C)(=O)=O)CC3)c1)=NC2. The lowest BCUT2D eigenvalue weighted by Crippen LogP contribution is -2.48. The molecule has 0 aliphatic carbocycles. The molecule has 1 fully saturated rings. The van der Waals surface area contributed by atoms with Crippen LogP contribution < -0.4 is 9.64 Å². The van der Waals surface area contributed by atoms with Gasteiger partial charge in [0.1, 0.15) is 11.6 Å². The Morgan fingerprint density at radius 3 is 2.52 bits per heavy atom. The number of aliphatic imine (C=N–C) groups is 1. The summed E-state index contributed by atoms with van der Waals surface area (Å²) in [6.45, 7) is 6.89. The summed E-state index contributed by atoms with van der Waals surface area (Å²) < 4.78 is 30.8. The van der Waals surface area contributed by atoms with E-state index in [1.54, 1.807) is 6.20 Å². The Kier molecular flexibility index (Phi) is 5.31. The number of benzene rings is 1. The predicted octanol–water partition coefficient (Wildman–Crippen LogP) is 2.30. The van der Waals surface area contributed by atoms with E-state index >= 15 is 0 Å². The van der Waals surface area contributed by atoms with Crippen LogP contribution in [0.1, 0.15) is 30.5 Å². The fraction of sp³-hybridized carbons (Fsp3) is 0.429. The van der Waals surface area contributed by atoms with E-state index in [4.69, 9.17) is 9.73 Å². The molecule has 0 unspecified atom stereocenters. The summed E-state index contributed by atoms with van der Waals surface area (Å²) in [5, 5.41) is 0. The monoisotopic (exact) mass is 414 g/mol. The highest BCUT2D eigenvalue weighted by molar-refractivity contribution is 7.88. The first-order valence-corrected chi connectivity index (χ1v) is 11.7. The first-order chi connectivity index (χ1) is 13.8. The first kappa shape index (κ1) is 19.8. The van der Waals surface area contributed by atoms with Gasteiger partial charge in [-0.25, -0.2) is 13.4 Å². The van der Waals surface area contributed by atoms with Crippen LogP contribution in [-0.2, 0) is 16.6 Å². The zero-order valence-corrected chi connectivity index (χ0v) is 17.8. The van der Waals surface area contributed by atoms with Crippen molar-refractivity contribution in [3.8, 4) is 5.75 Å². The zero-order valence-electron chi connectivity index (χ0n) is 17.0. The van der Waals surface area contributed by atoms with Crippen LogP contribution in [0.15, 0.2) is 41.5 Å². The van der Waals surface area contributed by atoms with Gasteiger partial charge in [-0.3, -0.25) is 4.99 Å². The van der Waals surface area contributed by atoms with E-state index in [1.165, 1.54) is 16.1 Å². The molecule has 2 aliphatic rings. The number of nitrogens with zero attached hydrogens (tertiary/aromatic N) is 4. The van der Waals surface area contributed by atoms with Gasteiger partial charge in [-0.1, -0.05) is 6.07 Å². The molecule has 8 heteroatoms. The molecule has 0 atom stereocenters. The molecule has 154 valence electrons. The van der Waals surface area contributed by atoms with Crippen molar-refractivity contribution in [1.82, 2.24) is 9.29 Å². The van der Waals surface area contributed by atoms with Crippen molar-refractivity contribution in [2.24, 2.45) is 4.99 Å². The number of hydrogen-bond donors (Lipinski definition) is 0. The Morgan fingerprint density at radius 2 is 1.83 bits per heavy atom. The third-order valence-corrected chi connectivity index (χ3v) is 6.47. The summed E-state index contributed by atoms with van der Waals surface area (Å²) in [4.78, 5) is 11.4. The maximum absolute atomic E-state index is 11.7. The van der Waals surface area contributed by atoms with Gasteiger partial charge in [0.25, 0.3) is 0 Å². The van der Waals surface area contributed by atoms with Gasteiger partial charge in [-0.05, 0) is 43.7 Å². The fourth-order valence-electron chi connectivity index (χ4n) is 3.74. The molecular formula is C21H26N4O3S. The highest BCUT2D eigenvalue weighted by atomic mass is 32.2. The second-order valence-electron chi connectivity index (χ2n) is 7.70. The van der Waals surface area contributed by atoms with E-state index in [0.29, 0.717) is 32.7 Å². The summed E-state index contributed by atoms with van der Waals surface area (Å²) in [5.74, 6) is 1.70. The van der Waals surface area contributed by atoms with Crippen molar-refractivity contribution in [2.45, 2.75) is 26.5 Å². The van der Waals surface area contributed by atoms with Gasteiger partial charge >= 0.3 is 0 Å². The minimum atomic E-state index is -3.14. The molecule has 0 radical (unpaired) electrons. The zero-order chi connectivity index (χ0) is 20.6. The van der Waals surface area contributed by atoms with Gasteiger partial charge in [-0.15, -0.1) is 0 Å². The quantitative estimate of drug-likeness (QED) is 0.751. The molecule has 0 saturated carbocycles. The molecule has 0 N–H and O–H groups in total. The van der Waals surface area contributed by atoms with Crippen LogP contribution in [0.2, 0.25) is 0 Å². The topological polar surface area (TPSA) is 75.1 Å². The number of aromatic nitrogens is 1. The third kappa shape index (κ3) is 4.28. The number of fused-ring (bicyclic) bond motifs is 1. The molecule has 1 aromatic heterocycles. The summed E-state index contributed by atoms with van der Waals surface area (Å²) in [6, 6.07) is 10.2. The van der Waals surface area contributed by atoms with Crippen LogP contribution in [0, 0.1) is 0 Å². The Labute approximate surface area is 172 Å². The summed E-state index contributed by atoms with van der Waals surface area (Å²) in [5.41, 5.74) is 4.26. The van der Waals surface area contributed by atoms with E-state index in [2.05, 4.69) is 22.0 Å². The van der Waals surface area contributed by atoms with Gasteiger partial charge in [0, 0.05) is 43.5 Å². The molecule has 4 rings (SSSR count). The second kappa shape index (κ2) is 7.76. The molecule has 3 heterocycles. The van der Waals surface area contributed by atoms with Crippen LogP contribution in [0.25, 0.3) is 0 Å². The maximum Gasteiger partial charge on any atom is 0.211 e. The predicted molar refractivity (Wildman–Crippen MR) is 114 cm³/mol. The molecule has 1 aromatic carbocycles. The third-order valence-electron chi connectivity index (χ3n) is 5.17. The number of rotatable bonds is 5. The smallest absolute Gasteiger partial charge is 0.211 e. The second-order valence-corrected chi connectivity index (χ2v) is 9.68. The first-order valence-electron chi connectivity index (χ1n) is 9.82. The molecule has 0 spiro atoms. The molecule has 7 nitrogen and oxygen atoms in total. The van der Waals surface area contributed by atoms with Gasteiger partial charge in [-0.2, -0.15) is 4.31 Å². The van der Waals surface area contributed by atoms with E-state index in [-0.39, 0.29) is 6.10 Å². The Bertz CT molecular complexity index is 1040. The minimum absolute atomic E-state index is 0.118. The van der Waals surface area contributed by atoms with Crippen molar-refractivity contribution in [2.75, 3.05) is 37.3 Å². The molecule has 2 aliphatic heterocycles. The van der Waals surface area contributed by atoms with E-state index < -0.39 is 10.0 Å². The number of sulfonamides is 1. The van der Waals surface area contributed by atoms with Gasteiger partial charge < -0.3 is 9.64 Å². The van der Waals surface area contributed by atoms with E-state index in [1.807, 2.05) is 32.0 Å². The average molecular weight is 415 g/mol. The lowest BCUT2D eigenvalue weighted by molar-refractivity contribution is 0.242. The van der Waals surface area contributed by atoms with E-state index in [0.717, 1.165) is 28.4 Å². The van der Waals surface area contributed by atoms with E-state index in [9.17, 15) is 8.42 Å². The van der Waals surface area contributed by atoms with Gasteiger partial charge in [0.2, 0.25) is 10.0 Å². The lowest BCUT2D eigenvalue weighted by Gasteiger charge is -2.34. The van der Waals surface area contributed by atoms with Crippen LogP contribution >= 0.6 is 0 Å². The van der Waals surface area contributed by atoms with Crippen molar-refractivity contribution in [1.29, 1.82) is 0 Å². The number of ether oxygens (including phenoxy) is 1. The van der Waals surface area contributed by atoms with Crippen LogP contribution in [0.4, 0.5) is 5.82 Å². The fourth-order valence-corrected chi connectivity index (χ4v) is 4.57. The highest BCUT2D eigenvalue weighted by Gasteiger charge is 2.25. The summed E-state index contributed by atoms with van der Waals surface area (Å²) >= 11 is 0. The maximum atomic E-state index is 11.7. The van der Waals surface area contributed by atoms with Crippen molar-refractivity contribution >= 4 is 21.6 Å². The molecule has 2 aromatic rings. The Hall–Kier alpha value is -2.45. The van der Waals surface area contributed by atoms with Crippen molar-refractivity contribution in [3.63, 3.8) is 0 Å². The summed E-state index contributed by atoms with van der Waals surface area (Å²) in [7, 11) is -3.14. The summed E-state index contributed by atoms with van der Waals surface area (Å²) in [6.07, 6.45) is 3.17. The Morgan fingerprint density at radius 1 is 1.07 bits per heavy atom. The van der Waals surface area contributed by atoms with Crippen molar-refractivity contribution in [3.05, 3.63) is 53.2 Å².